The lowest BCUT2D eigenvalue weighted by atomic mass is 10.1. The quantitative estimate of drug-likeness (QED) is 0.730. The van der Waals surface area contributed by atoms with Gasteiger partial charge in [0.25, 0.3) is 0 Å². The molecule has 0 spiro atoms. The fourth-order valence-electron chi connectivity index (χ4n) is 3.26. The highest BCUT2D eigenvalue weighted by atomic mass is 79.9. The van der Waals surface area contributed by atoms with E-state index in [4.69, 9.17) is 0 Å². The molecule has 0 aromatic heterocycles. The van der Waals surface area contributed by atoms with E-state index in [1.54, 1.807) is 0 Å². The fourth-order valence-corrected chi connectivity index (χ4v) is 3.96. The molecule has 0 aliphatic heterocycles. The molecule has 1 fully saturated rings. The third-order valence-corrected chi connectivity index (χ3v) is 5.23. The van der Waals surface area contributed by atoms with Gasteiger partial charge in [-0.25, -0.2) is 0 Å². The van der Waals surface area contributed by atoms with Gasteiger partial charge in [-0.15, -0.1) is 0 Å². The van der Waals surface area contributed by atoms with Crippen LogP contribution in [0, 0.1) is 5.92 Å². The maximum atomic E-state index is 3.76. The average molecular weight is 353 g/mol. The highest BCUT2D eigenvalue weighted by Gasteiger charge is 2.18. The van der Waals surface area contributed by atoms with Gasteiger partial charge in [0.2, 0.25) is 0 Å². The smallest absolute Gasteiger partial charge is 0.0508 e. The summed E-state index contributed by atoms with van der Waals surface area (Å²) < 4.78 is 1.21. The molecule has 0 heterocycles. The molecule has 0 bridgehead atoms. The minimum Gasteiger partial charge on any atom is -0.373 e. The van der Waals surface area contributed by atoms with Gasteiger partial charge < -0.3 is 10.2 Å². The fraction of sp³-hybridized carbons (Fsp3) is 0.667. The molecule has 2 nitrogen and oxygen atoms in total. The second-order valence-corrected chi connectivity index (χ2v) is 7.27. The molecule has 1 aromatic rings. The molecule has 1 aliphatic rings. The first-order chi connectivity index (χ1) is 10.1. The Morgan fingerprint density at radius 3 is 2.67 bits per heavy atom. The number of anilines is 1. The van der Waals surface area contributed by atoms with E-state index in [-0.39, 0.29) is 0 Å². The molecule has 1 aromatic carbocycles. The Morgan fingerprint density at radius 2 is 2.05 bits per heavy atom. The van der Waals surface area contributed by atoms with Gasteiger partial charge in [-0.2, -0.15) is 0 Å². The molecule has 118 valence electrons. The average Bonchev–Trinajstić information content (AvgIpc) is 2.97. The summed E-state index contributed by atoms with van der Waals surface area (Å²) in [6.45, 7) is 6.69. The SMILES string of the molecule is CCCNC(C)c1ccc(N(C)CC2CCCC2)c(Br)c1. The van der Waals surface area contributed by atoms with Crippen LogP contribution in [0.3, 0.4) is 0 Å². The lowest BCUT2D eigenvalue weighted by Crippen LogP contribution is -2.24. The first-order valence-electron chi connectivity index (χ1n) is 8.35. The topological polar surface area (TPSA) is 15.3 Å². The van der Waals surface area contributed by atoms with Crippen LogP contribution in [0.15, 0.2) is 22.7 Å². The van der Waals surface area contributed by atoms with Crippen molar-refractivity contribution in [1.29, 1.82) is 0 Å². The minimum atomic E-state index is 0.412. The standard InChI is InChI=1S/C18H29BrN2/c1-4-11-20-14(2)16-9-10-18(17(19)12-16)21(3)13-15-7-5-6-8-15/h9-10,12,14-15,20H,4-8,11,13H2,1-3H3. The Morgan fingerprint density at radius 1 is 1.33 bits per heavy atom. The van der Waals surface area contributed by atoms with Crippen molar-refractivity contribution in [3.8, 4) is 0 Å². The predicted octanol–water partition coefficient (Wildman–Crippen LogP) is 5.14. The van der Waals surface area contributed by atoms with E-state index < -0.39 is 0 Å². The molecule has 1 unspecified atom stereocenters. The van der Waals surface area contributed by atoms with Gasteiger partial charge in [-0.3, -0.25) is 0 Å². The number of hydrogen-bond donors (Lipinski definition) is 1. The van der Waals surface area contributed by atoms with Gasteiger partial charge >= 0.3 is 0 Å². The van der Waals surface area contributed by atoms with E-state index in [1.807, 2.05) is 0 Å². The van der Waals surface area contributed by atoms with Crippen molar-refractivity contribution in [3.05, 3.63) is 28.2 Å². The van der Waals surface area contributed by atoms with Crippen LogP contribution >= 0.6 is 15.9 Å². The Kier molecular flexibility index (Phi) is 6.56. The summed E-state index contributed by atoms with van der Waals surface area (Å²) in [6, 6.07) is 7.21. The number of benzene rings is 1. The van der Waals surface area contributed by atoms with E-state index in [0.717, 1.165) is 12.5 Å². The molecular weight excluding hydrogens is 324 g/mol. The molecule has 0 amide bonds. The molecule has 3 heteroatoms. The Bertz CT molecular complexity index is 441. The van der Waals surface area contributed by atoms with E-state index in [9.17, 15) is 0 Å². The Hall–Kier alpha value is -0.540. The van der Waals surface area contributed by atoms with Crippen molar-refractivity contribution in [3.63, 3.8) is 0 Å². The zero-order chi connectivity index (χ0) is 15.2. The lowest BCUT2D eigenvalue weighted by Gasteiger charge is -2.25. The number of nitrogens with zero attached hydrogens (tertiary/aromatic N) is 1. The summed E-state index contributed by atoms with van der Waals surface area (Å²) in [5.74, 6) is 0.881. The van der Waals surface area contributed by atoms with Gasteiger partial charge in [0.1, 0.15) is 0 Å². The summed E-state index contributed by atoms with van der Waals surface area (Å²) in [6.07, 6.45) is 6.81. The number of hydrogen-bond acceptors (Lipinski definition) is 2. The summed E-state index contributed by atoms with van der Waals surface area (Å²) in [4.78, 5) is 2.41. The lowest BCUT2D eigenvalue weighted by molar-refractivity contribution is 0.546. The monoisotopic (exact) mass is 352 g/mol. The molecule has 2 rings (SSSR count). The van der Waals surface area contributed by atoms with Gasteiger partial charge in [-0.05, 0) is 72.3 Å². The van der Waals surface area contributed by atoms with Crippen molar-refractivity contribution in [1.82, 2.24) is 5.32 Å². The second-order valence-electron chi connectivity index (χ2n) is 6.42. The van der Waals surface area contributed by atoms with Crippen molar-refractivity contribution < 1.29 is 0 Å². The van der Waals surface area contributed by atoms with Crippen molar-refractivity contribution in [2.24, 2.45) is 5.92 Å². The summed E-state index contributed by atoms with van der Waals surface area (Å²) >= 11 is 3.76. The first-order valence-corrected chi connectivity index (χ1v) is 9.15. The maximum Gasteiger partial charge on any atom is 0.0508 e. The van der Waals surface area contributed by atoms with Gasteiger partial charge in [0, 0.05) is 24.1 Å². The zero-order valence-corrected chi connectivity index (χ0v) is 15.2. The van der Waals surface area contributed by atoms with Crippen LogP contribution in [0.1, 0.15) is 57.6 Å². The highest BCUT2D eigenvalue weighted by molar-refractivity contribution is 9.10. The second kappa shape index (κ2) is 8.19. The molecule has 1 atom stereocenters. The highest BCUT2D eigenvalue weighted by Crippen LogP contribution is 2.32. The summed E-state index contributed by atoms with van der Waals surface area (Å²) in [7, 11) is 2.22. The van der Waals surface area contributed by atoms with Crippen LogP contribution in [0.25, 0.3) is 0 Å². The van der Waals surface area contributed by atoms with E-state index in [2.05, 4.69) is 65.2 Å². The summed E-state index contributed by atoms with van der Waals surface area (Å²) in [5.41, 5.74) is 2.67. The van der Waals surface area contributed by atoms with Crippen molar-refractivity contribution in [2.45, 2.75) is 52.0 Å². The van der Waals surface area contributed by atoms with Gasteiger partial charge in [-0.1, -0.05) is 25.8 Å². The third-order valence-electron chi connectivity index (χ3n) is 4.59. The molecular formula is C18H29BrN2. The van der Waals surface area contributed by atoms with Crippen LogP contribution in [0.5, 0.6) is 0 Å². The Balaban J connectivity index is 2.00. The molecule has 1 saturated carbocycles. The van der Waals surface area contributed by atoms with Crippen LogP contribution in [0.2, 0.25) is 0 Å². The molecule has 1 aliphatic carbocycles. The Labute approximate surface area is 138 Å². The third kappa shape index (κ3) is 4.72. The molecule has 1 N–H and O–H groups in total. The summed E-state index contributed by atoms with van der Waals surface area (Å²) in [5, 5.41) is 3.55. The van der Waals surface area contributed by atoms with E-state index in [0.29, 0.717) is 6.04 Å². The van der Waals surface area contributed by atoms with Crippen LogP contribution in [-0.4, -0.2) is 20.1 Å². The molecule has 0 saturated heterocycles. The number of halogens is 1. The number of rotatable bonds is 7. The normalized spacial score (nSPS) is 17.1. The van der Waals surface area contributed by atoms with E-state index >= 15 is 0 Å². The van der Waals surface area contributed by atoms with Gasteiger partial charge in [0.15, 0.2) is 0 Å². The van der Waals surface area contributed by atoms with E-state index in [1.165, 1.54) is 54.4 Å². The van der Waals surface area contributed by atoms with Crippen molar-refractivity contribution in [2.75, 3.05) is 25.0 Å². The van der Waals surface area contributed by atoms with Gasteiger partial charge in [0.05, 0.1) is 5.69 Å². The predicted molar refractivity (Wildman–Crippen MR) is 96.1 cm³/mol. The molecule has 0 radical (unpaired) electrons. The largest absolute Gasteiger partial charge is 0.373 e. The zero-order valence-electron chi connectivity index (χ0n) is 13.7. The van der Waals surface area contributed by atoms with Crippen LogP contribution in [0.4, 0.5) is 5.69 Å². The van der Waals surface area contributed by atoms with Crippen molar-refractivity contribution >= 4 is 21.6 Å². The maximum absolute atomic E-state index is 3.76. The molecule has 21 heavy (non-hydrogen) atoms. The minimum absolute atomic E-state index is 0.412. The van der Waals surface area contributed by atoms with Crippen LogP contribution < -0.4 is 10.2 Å². The van der Waals surface area contributed by atoms with Crippen LogP contribution in [-0.2, 0) is 0 Å². The first kappa shape index (κ1) is 16.8. The number of nitrogens with one attached hydrogen (secondary N) is 1.